The lowest BCUT2D eigenvalue weighted by atomic mass is 10.0. The van der Waals surface area contributed by atoms with Crippen molar-refractivity contribution >= 4 is 40.2 Å². The number of hydrogen-bond acceptors (Lipinski definition) is 7. The number of rotatable bonds is 9. The number of anilines is 1. The largest absolute Gasteiger partial charge is 0.350 e. The number of aryl methyl sites for hydroxylation is 1. The number of carbonyl (C=O) groups excluding carboxylic acids is 2. The number of tetrazole rings is 1. The summed E-state index contributed by atoms with van der Waals surface area (Å²) in [5.41, 5.74) is 3.23. The van der Waals surface area contributed by atoms with Crippen molar-refractivity contribution in [3.05, 3.63) is 105 Å². The molecule has 0 aliphatic carbocycles. The van der Waals surface area contributed by atoms with Crippen LogP contribution in [0.4, 0.5) is 10.1 Å². The second-order valence-electron chi connectivity index (χ2n) is 8.87. The second-order valence-corrected chi connectivity index (χ2v) is 10.8. The summed E-state index contributed by atoms with van der Waals surface area (Å²) < 4.78 is 13.4. The molecule has 0 saturated carbocycles. The molecular formula is C28H25FN6O2S2. The van der Waals surface area contributed by atoms with Crippen LogP contribution in [0.15, 0.2) is 77.5 Å². The number of halogens is 1. The van der Waals surface area contributed by atoms with Crippen molar-refractivity contribution in [1.82, 2.24) is 25.5 Å². The summed E-state index contributed by atoms with van der Waals surface area (Å²) in [7, 11) is 0. The predicted molar refractivity (Wildman–Crippen MR) is 150 cm³/mol. The Labute approximate surface area is 232 Å². The summed E-state index contributed by atoms with van der Waals surface area (Å²) in [6.45, 7) is 3.86. The van der Waals surface area contributed by atoms with Crippen molar-refractivity contribution in [1.29, 1.82) is 0 Å². The predicted octanol–water partition coefficient (Wildman–Crippen LogP) is 5.31. The maximum Gasteiger partial charge on any atom is 0.251 e. The lowest BCUT2D eigenvalue weighted by molar-refractivity contribution is -0.127. The summed E-state index contributed by atoms with van der Waals surface area (Å²) in [6, 6.07) is 18.1. The number of nitrogens with zero attached hydrogens (tertiary/aromatic N) is 5. The topological polar surface area (TPSA) is 93.0 Å². The van der Waals surface area contributed by atoms with Crippen LogP contribution in [0.25, 0.3) is 10.7 Å². The summed E-state index contributed by atoms with van der Waals surface area (Å²) in [5, 5.41) is 19.3. The third kappa shape index (κ3) is 5.94. The van der Waals surface area contributed by atoms with E-state index in [-0.39, 0.29) is 30.7 Å². The Kier molecular flexibility index (Phi) is 7.89. The van der Waals surface area contributed by atoms with Crippen LogP contribution in [0.3, 0.4) is 0 Å². The Balaban J connectivity index is 1.49. The monoisotopic (exact) mass is 560 g/mol. The van der Waals surface area contributed by atoms with Gasteiger partial charge in [0.1, 0.15) is 18.4 Å². The van der Waals surface area contributed by atoms with Crippen LogP contribution < -0.4 is 10.2 Å². The van der Waals surface area contributed by atoms with Gasteiger partial charge in [0, 0.05) is 17.1 Å². The van der Waals surface area contributed by atoms with Gasteiger partial charge in [-0.25, -0.2) is 4.39 Å². The standard InChI is InChI=1S/C28H25FN6O2S2/c1-18-6-3-7-22(19(18)2)35(25(36)17-34-32-27(31-33-34)24-9-5-15-39-24)26(23-8-4-14-38-23)28(37)30-16-20-10-12-21(29)13-11-20/h3-15,26H,16-17H2,1-2H3,(H,30,37)/t26-/m1/s1. The molecule has 39 heavy (non-hydrogen) atoms. The molecule has 5 rings (SSSR count). The average Bonchev–Trinajstić information content (AvgIpc) is 3.72. The smallest absolute Gasteiger partial charge is 0.251 e. The minimum atomic E-state index is -0.946. The van der Waals surface area contributed by atoms with Crippen molar-refractivity contribution in [2.45, 2.75) is 33.0 Å². The summed E-state index contributed by atoms with van der Waals surface area (Å²) in [4.78, 5) is 32.1. The highest BCUT2D eigenvalue weighted by Crippen LogP contribution is 2.34. The van der Waals surface area contributed by atoms with E-state index in [9.17, 15) is 14.0 Å². The number of aromatic nitrogens is 4. The number of amides is 2. The van der Waals surface area contributed by atoms with Crippen LogP contribution in [0, 0.1) is 19.7 Å². The van der Waals surface area contributed by atoms with Crippen molar-refractivity contribution in [3.8, 4) is 10.7 Å². The lowest BCUT2D eigenvalue weighted by Gasteiger charge is -2.32. The molecule has 0 unspecified atom stereocenters. The Hall–Kier alpha value is -4.22. The van der Waals surface area contributed by atoms with Gasteiger partial charge in [0.15, 0.2) is 0 Å². The van der Waals surface area contributed by atoms with E-state index in [1.807, 2.05) is 67.1 Å². The Morgan fingerprint density at radius 3 is 2.49 bits per heavy atom. The Morgan fingerprint density at radius 1 is 1.00 bits per heavy atom. The molecule has 5 aromatic rings. The minimum absolute atomic E-state index is 0.185. The van der Waals surface area contributed by atoms with Gasteiger partial charge < -0.3 is 5.32 Å². The van der Waals surface area contributed by atoms with Gasteiger partial charge in [0.25, 0.3) is 5.91 Å². The van der Waals surface area contributed by atoms with Gasteiger partial charge in [-0.1, -0.05) is 36.4 Å². The van der Waals surface area contributed by atoms with Crippen molar-refractivity contribution < 1.29 is 14.0 Å². The molecule has 0 bridgehead atoms. The first-order valence-corrected chi connectivity index (χ1v) is 13.9. The zero-order chi connectivity index (χ0) is 27.4. The molecule has 3 aromatic heterocycles. The molecule has 0 aliphatic heterocycles. The van der Waals surface area contributed by atoms with E-state index < -0.39 is 6.04 Å². The van der Waals surface area contributed by atoms with Gasteiger partial charge >= 0.3 is 0 Å². The molecule has 1 atom stereocenters. The third-order valence-corrected chi connectivity index (χ3v) is 8.07. The number of thiophene rings is 2. The molecule has 0 spiro atoms. The molecule has 3 heterocycles. The van der Waals surface area contributed by atoms with E-state index in [2.05, 4.69) is 20.7 Å². The second kappa shape index (κ2) is 11.7. The van der Waals surface area contributed by atoms with Crippen molar-refractivity contribution in [2.24, 2.45) is 0 Å². The van der Waals surface area contributed by atoms with E-state index in [0.717, 1.165) is 21.6 Å². The van der Waals surface area contributed by atoms with E-state index >= 15 is 0 Å². The van der Waals surface area contributed by atoms with Gasteiger partial charge in [0.2, 0.25) is 11.7 Å². The average molecular weight is 561 g/mol. The SMILES string of the molecule is Cc1cccc(N(C(=O)Cn2nnc(-c3cccs3)n2)[C@@H](C(=O)NCc2ccc(F)cc2)c2cccs2)c1C. The summed E-state index contributed by atoms with van der Waals surface area (Å²) >= 11 is 2.87. The molecule has 1 N–H and O–H groups in total. The van der Waals surface area contributed by atoms with E-state index in [1.165, 1.54) is 44.5 Å². The fourth-order valence-corrected chi connectivity index (χ4v) is 5.60. The van der Waals surface area contributed by atoms with Crippen LogP contribution in [0.1, 0.15) is 27.6 Å². The first kappa shape index (κ1) is 26.4. The van der Waals surface area contributed by atoms with Crippen molar-refractivity contribution in [2.75, 3.05) is 4.90 Å². The molecule has 0 fully saturated rings. The zero-order valence-corrected chi connectivity index (χ0v) is 22.9. The molecular weight excluding hydrogens is 535 g/mol. The van der Waals surface area contributed by atoms with E-state index in [1.54, 1.807) is 12.1 Å². The first-order valence-electron chi connectivity index (χ1n) is 12.2. The number of carbonyl (C=O) groups is 2. The molecule has 0 aliphatic rings. The van der Waals surface area contributed by atoms with Crippen LogP contribution in [-0.2, 0) is 22.7 Å². The maximum absolute atomic E-state index is 14.0. The molecule has 0 radical (unpaired) electrons. The van der Waals surface area contributed by atoms with Crippen LogP contribution in [-0.4, -0.2) is 32.0 Å². The number of benzene rings is 2. The molecule has 0 saturated heterocycles. The van der Waals surface area contributed by atoms with Crippen molar-refractivity contribution in [3.63, 3.8) is 0 Å². The molecule has 8 nitrogen and oxygen atoms in total. The zero-order valence-electron chi connectivity index (χ0n) is 21.2. The fourth-order valence-electron chi connectivity index (χ4n) is 4.13. The van der Waals surface area contributed by atoms with E-state index in [0.29, 0.717) is 16.4 Å². The third-order valence-electron chi connectivity index (χ3n) is 6.27. The number of nitrogens with one attached hydrogen (secondary N) is 1. The van der Waals surface area contributed by atoms with Crippen LogP contribution in [0.5, 0.6) is 0 Å². The normalized spacial score (nSPS) is 11.8. The van der Waals surface area contributed by atoms with Gasteiger partial charge in [-0.2, -0.15) is 4.80 Å². The van der Waals surface area contributed by atoms with Crippen LogP contribution >= 0.6 is 22.7 Å². The van der Waals surface area contributed by atoms with E-state index in [4.69, 9.17) is 0 Å². The summed E-state index contributed by atoms with van der Waals surface area (Å²) in [5.74, 6) is -0.642. The highest BCUT2D eigenvalue weighted by molar-refractivity contribution is 7.13. The lowest BCUT2D eigenvalue weighted by Crippen LogP contribution is -2.45. The highest BCUT2D eigenvalue weighted by Gasteiger charge is 2.35. The quantitative estimate of drug-likeness (QED) is 0.264. The Bertz CT molecular complexity index is 1570. The van der Waals surface area contributed by atoms with Crippen LogP contribution in [0.2, 0.25) is 0 Å². The molecule has 2 amide bonds. The molecule has 198 valence electrons. The first-order chi connectivity index (χ1) is 18.9. The van der Waals surface area contributed by atoms with Gasteiger partial charge in [-0.05, 0) is 76.8 Å². The van der Waals surface area contributed by atoms with Gasteiger partial charge in [-0.3, -0.25) is 14.5 Å². The minimum Gasteiger partial charge on any atom is -0.350 e. The molecule has 2 aromatic carbocycles. The number of hydrogen-bond donors (Lipinski definition) is 1. The maximum atomic E-state index is 14.0. The fraction of sp³-hybridized carbons (Fsp3) is 0.179. The summed E-state index contributed by atoms with van der Waals surface area (Å²) in [6.07, 6.45) is 0. The molecule has 11 heteroatoms. The highest BCUT2D eigenvalue weighted by atomic mass is 32.1. The Morgan fingerprint density at radius 2 is 1.77 bits per heavy atom. The van der Waals surface area contributed by atoms with Gasteiger partial charge in [0.05, 0.1) is 4.88 Å². The van der Waals surface area contributed by atoms with Gasteiger partial charge in [-0.15, -0.1) is 32.9 Å².